The van der Waals surface area contributed by atoms with Crippen LogP contribution in [-0.2, 0) is 10.0 Å². The highest BCUT2D eigenvalue weighted by molar-refractivity contribution is 7.88. The van der Waals surface area contributed by atoms with Gasteiger partial charge in [-0.05, 0) is 32.4 Å². The Morgan fingerprint density at radius 2 is 1.87 bits per heavy atom. The minimum absolute atomic E-state index is 0.145. The molecule has 0 bridgehead atoms. The van der Waals surface area contributed by atoms with E-state index in [0.29, 0.717) is 16.3 Å². The maximum absolute atomic E-state index is 12.9. The number of sulfonamides is 1. The van der Waals surface area contributed by atoms with Crippen molar-refractivity contribution in [1.29, 1.82) is 0 Å². The van der Waals surface area contributed by atoms with Gasteiger partial charge < -0.3 is 20.8 Å². The molecular weight excluding hydrogens is 557 g/mol. The predicted molar refractivity (Wildman–Crippen MR) is 144 cm³/mol. The minimum Gasteiger partial charge on any atom is -0.390 e. The Kier molecular flexibility index (Phi) is 8.38. The van der Waals surface area contributed by atoms with Gasteiger partial charge in [0.05, 0.1) is 39.9 Å². The monoisotopic (exact) mass is 588 g/mol. The zero-order valence-corrected chi connectivity index (χ0v) is 23.4. The van der Waals surface area contributed by atoms with Crippen LogP contribution in [0.15, 0.2) is 24.3 Å². The summed E-state index contributed by atoms with van der Waals surface area (Å²) in [6, 6.07) is 6.05. The molecule has 2 aromatic heterocycles. The Morgan fingerprint density at radius 1 is 1.18 bits per heavy atom. The first-order valence-corrected chi connectivity index (χ1v) is 15.0. The van der Waals surface area contributed by atoms with Gasteiger partial charge in [0.2, 0.25) is 16.0 Å². The molecule has 1 fully saturated rings. The predicted octanol–water partition coefficient (Wildman–Crippen LogP) is 3.23. The molecule has 0 amide bonds. The number of aryl methyl sites for hydroxylation is 1. The lowest BCUT2D eigenvalue weighted by atomic mass is 9.97. The SMILES string of the molecule is CCN(C(C)C1CC(Nc2nc(NCC(F)(F)F)nc(C)c2-c2nc3ccccc3s2)[C@H](O)[C@@H]1O)S(C)(=O)=O. The Bertz CT molecular complexity index is 1400. The Balaban J connectivity index is 1.70. The molecule has 1 aliphatic carbocycles. The first-order chi connectivity index (χ1) is 18.2. The summed E-state index contributed by atoms with van der Waals surface area (Å²) in [4.78, 5) is 13.2. The van der Waals surface area contributed by atoms with Crippen LogP contribution in [0.1, 0.15) is 26.0 Å². The summed E-state index contributed by atoms with van der Waals surface area (Å²) >= 11 is 1.36. The quantitative estimate of drug-likeness (QED) is 0.297. The van der Waals surface area contributed by atoms with Crippen molar-refractivity contribution in [2.45, 2.75) is 57.7 Å². The molecule has 4 rings (SSSR count). The van der Waals surface area contributed by atoms with Crippen molar-refractivity contribution in [2.24, 2.45) is 5.92 Å². The van der Waals surface area contributed by atoms with E-state index in [2.05, 4.69) is 25.6 Å². The number of rotatable bonds is 9. The number of halogens is 3. The van der Waals surface area contributed by atoms with Gasteiger partial charge in [0.1, 0.15) is 23.5 Å². The lowest BCUT2D eigenvalue weighted by Crippen LogP contribution is -2.45. The third kappa shape index (κ3) is 6.43. The van der Waals surface area contributed by atoms with Crippen LogP contribution < -0.4 is 10.6 Å². The smallest absolute Gasteiger partial charge is 0.390 e. The van der Waals surface area contributed by atoms with E-state index in [1.807, 2.05) is 24.3 Å². The summed E-state index contributed by atoms with van der Waals surface area (Å²) in [7, 11) is -3.56. The van der Waals surface area contributed by atoms with Crippen molar-refractivity contribution in [3.8, 4) is 10.6 Å². The van der Waals surface area contributed by atoms with E-state index >= 15 is 0 Å². The van der Waals surface area contributed by atoms with Crippen LogP contribution in [-0.4, -0.2) is 87.7 Å². The van der Waals surface area contributed by atoms with Gasteiger partial charge in [-0.2, -0.15) is 22.5 Å². The first kappa shape index (κ1) is 29.4. The summed E-state index contributed by atoms with van der Waals surface area (Å²) < 4.78 is 65.3. The van der Waals surface area contributed by atoms with Gasteiger partial charge in [-0.3, -0.25) is 0 Å². The molecule has 1 saturated carbocycles. The molecule has 214 valence electrons. The maximum Gasteiger partial charge on any atom is 0.405 e. The van der Waals surface area contributed by atoms with Crippen LogP contribution in [0, 0.1) is 12.8 Å². The number of aliphatic hydroxyl groups is 2. The summed E-state index contributed by atoms with van der Waals surface area (Å²) in [5.74, 6) is -0.723. The highest BCUT2D eigenvalue weighted by Crippen LogP contribution is 2.39. The molecule has 0 spiro atoms. The maximum atomic E-state index is 12.9. The third-order valence-electron chi connectivity index (χ3n) is 6.91. The van der Waals surface area contributed by atoms with Crippen molar-refractivity contribution >= 4 is 43.3 Å². The topological polar surface area (TPSA) is 141 Å². The van der Waals surface area contributed by atoms with Crippen LogP contribution >= 0.6 is 11.3 Å². The Hall–Kier alpha value is -2.59. The second kappa shape index (κ2) is 11.1. The number of thiazole rings is 1. The number of anilines is 2. The highest BCUT2D eigenvalue weighted by Gasteiger charge is 2.46. The molecule has 10 nitrogen and oxygen atoms in total. The zero-order chi connectivity index (χ0) is 28.7. The Labute approximate surface area is 228 Å². The van der Waals surface area contributed by atoms with Gasteiger partial charge in [0, 0.05) is 18.5 Å². The van der Waals surface area contributed by atoms with Crippen molar-refractivity contribution in [3.05, 3.63) is 30.0 Å². The number of alkyl halides is 3. The minimum atomic E-state index is -4.49. The number of para-hydroxylation sites is 1. The van der Waals surface area contributed by atoms with E-state index in [1.165, 1.54) is 15.6 Å². The van der Waals surface area contributed by atoms with E-state index < -0.39 is 53.0 Å². The number of nitrogens with one attached hydrogen (secondary N) is 2. The van der Waals surface area contributed by atoms with Gasteiger partial charge in [-0.1, -0.05) is 19.1 Å². The molecule has 15 heteroatoms. The molecule has 0 saturated heterocycles. The molecule has 4 N–H and O–H groups in total. The second-order valence-electron chi connectivity index (χ2n) is 9.65. The zero-order valence-electron chi connectivity index (χ0n) is 21.8. The Morgan fingerprint density at radius 3 is 2.49 bits per heavy atom. The number of aromatic nitrogens is 3. The lowest BCUT2D eigenvalue weighted by molar-refractivity contribution is -0.115. The van der Waals surface area contributed by atoms with E-state index in [-0.39, 0.29) is 24.7 Å². The molecule has 5 atom stereocenters. The third-order valence-corrected chi connectivity index (χ3v) is 9.40. The summed E-state index contributed by atoms with van der Waals surface area (Å²) in [5, 5.41) is 27.6. The molecule has 0 aliphatic heterocycles. The van der Waals surface area contributed by atoms with E-state index in [0.717, 1.165) is 16.5 Å². The molecule has 3 unspecified atom stereocenters. The average Bonchev–Trinajstić information content (AvgIpc) is 3.38. The van der Waals surface area contributed by atoms with Crippen LogP contribution in [0.2, 0.25) is 0 Å². The van der Waals surface area contributed by atoms with Gasteiger partial charge in [0.15, 0.2) is 0 Å². The fraction of sp³-hybridized carbons (Fsp3) is 0.542. The summed E-state index contributed by atoms with van der Waals surface area (Å²) in [5.41, 5.74) is 1.55. The standard InChI is InChI=1S/C24H31F3N6O4S2/c1-5-33(39(4,36)37)13(3)14-10-16(20(35)19(14)34)30-21-18(22-31-15-8-6-7-9-17(15)38-22)12(2)29-23(32-21)28-11-24(25,26)27/h6-9,13-14,16,19-20,34-35H,5,10-11H2,1-4H3,(H2,28,29,30,32)/t13?,14?,16?,19-,20+/m1/s1. The lowest BCUT2D eigenvalue weighted by Gasteiger charge is -2.31. The van der Waals surface area contributed by atoms with Gasteiger partial charge in [-0.15, -0.1) is 11.3 Å². The number of aliphatic hydroxyl groups excluding tert-OH is 2. The summed E-state index contributed by atoms with van der Waals surface area (Å²) in [6.45, 7) is 3.85. The number of nitrogens with zero attached hydrogens (tertiary/aromatic N) is 4. The van der Waals surface area contributed by atoms with Crippen molar-refractivity contribution in [3.63, 3.8) is 0 Å². The van der Waals surface area contributed by atoms with Crippen LogP contribution in [0.3, 0.4) is 0 Å². The largest absolute Gasteiger partial charge is 0.405 e. The number of hydrogen-bond acceptors (Lipinski definition) is 10. The molecular formula is C24H31F3N6O4S2. The van der Waals surface area contributed by atoms with E-state index in [4.69, 9.17) is 0 Å². The molecule has 39 heavy (non-hydrogen) atoms. The van der Waals surface area contributed by atoms with E-state index in [1.54, 1.807) is 20.8 Å². The van der Waals surface area contributed by atoms with Crippen LogP contribution in [0.25, 0.3) is 20.8 Å². The molecule has 3 aromatic rings. The molecule has 2 heterocycles. The van der Waals surface area contributed by atoms with Crippen molar-refractivity contribution in [2.75, 3.05) is 30.0 Å². The first-order valence-electron chi connectivity index (χ1n) is 12.3. The van der Waals surface area contributed by atoms with Crippen LogP contribution in [0.4, 0.5) is 24.9 Å². The molecule has 1 aliphatic rings. The fourth-order valence-electron chi connectivity index (χ4n) is 5.07. The molecule has 1 aromatic carbocycles. The van der Waals surface area contributed by atoms with Gasteiger partial charge >= 0.3 is 6.18 Å². The number of fused-ring (bicyclic) bond motifs is 1. The van der Waals surface area contributed by atoms with Crippen molar-refractivity contribution in [1.82, 2.24) is 19.3 Å². The van der Waals surface area contributed by atoms with Crippen LogP contribution in [0.5, 0.6) is 0 Å². The molecule has 0 radical (unpaired) electrons. The highest BCUT2D eigenvalue weighted by atomic mass is 32.2. The second-order valence-corrected chi connectivity index (χ2v) is 12.6. The van der Waals surface area contributed by atoms with Gasteiger partial charge in [0.25, 0.3) is 0 Å². The average molecular weight is 589 g/mol. The number of hydrogen-bond donors (Lipinski definition) is 4. The van der Waals surface area contributed by atoms with E-state index in [9.17, 15) is 31.8 Å². The van der Waals surface area contributed by atoms with Gasteiger partial charge in [-0.25, -0.2) is 18.4 Å². The fourth-order valence-corrected chi connectivity index (χ4v) is 7.37. The van der Waals surface area contributed by atoms with Crippen molar-refractivity contribution < 1.29 is 31.8 Å². The normalized spacial score (nSPS) is 22.9. The summed E-state index contributed by atoms with van der Waals surface area (Å²) in [6.07, 6.45) is -5.76. The number of benzene rings is 1.